The average Bonchev–Trinajstić information content (AvgIpc) is 2.38. The maximum atomic E-state index is 11.5. The molecule has 0 spiro atoms. The smallest absolute Gasteiger partial charge is 0.322 e. The van der Waals surface area contributed by atoms with Gasteiger partial charge < -0.3 is 26.6 Å². The minimum absolute atomic E-state index is 0.0256. The lowest BCUT2D eigenvalue weighted by molar-refractivity contribution is -0.139. The minimum atomic E-state index is -1.22. The Morgan fingerprint density at radius 1 is 1.20 bits per heavy atom. The molecule has 0 aromatic carbocycles. The fourth-order valence-electron chi connectivity index (χ4n) is 1.16. The third-order valence-electron chi connectivity index (χ3n) is 2.25. The molecule has 0 heterocycles. The topological polar surface area (TPSA) is 159 Å². The molecule has 9 nitrogen and oxygen atoms in total. The molecule has 0 fully saturated rings. The Bertz CT molecular complexity index is 389. The van der Waals surface area contributed by atoms with Crippen LogP contribution in [0.25, 0.3) is 0 Å². The van der Waals surface area contributed by atoms with E-state index in [2.05, 4.69) is 23.3 Å². The number of carbonyl (C=O) groups is 4. The Morgan fingerprint density at radius 2 is 1.80 bits per heavy atom. The van der Waals surface area contributed by atoms with Crippen molar-refractivity contribution in [3.63, 3.8) is 0 Å². The first-order valence-corrected chi connectivity index (χ1v) is 6.29. The first-order valence-electron chi connectivity index (χ1n) is 5.66. The third kappa shape index (κ3) is 7.59. The van der Waals surface area contributed by atoms with E-state index in [4.69, 9.17) is 15.9 Å². The molecular formula is C10H17N3O6S. The van der Waals surface area contributed by atoms with Gasteiger partial charge in [0, 0.05) is 12.2 Å². The zero-order valence-electron chi connectivity index (χ0n) is 10.5. The highest BCUT2D eigenvalue weighted by atomic mass is 32.1. The monoisotopic (exact) mass is 306 g/mol. The van der Waals surface area contributed by atoms with Crippen molar-refractivity contribution < 1.29 is 29.4 Å². The molecule has 0 aromatic heterocycles. The second kappa shape index (κ2) is 9.15. The van der Waals surface area contributed by atoms with Gasteiger partial charge in [-0.15, -0.1) is 0 Å². The summed E-state index contributed by atoms with van der Waals surface area (Å²) in [6, 6.07) is -2.15. The molecule has 0 aliphatic rings. The van der Waals surface area contributed by atoms with Crippen LogP contribution in [-0.4, -0.2) is 58.3 Å². The van der Waals surface area contributed by atoms with Gasteiger partial charge in [-0.1, -0.05) is 0 Å². The highest BCUT2D eigenvalue weighted by Gasteiger charge is 2.20. The second-order valence-corrected chi connectivity index (χ2v) is 4.26. The fourth-order valence-corrected chi connectivity index (χ4v) is 1.41. The summed E-state index contributed by atoms with van der Waals surface area (Å²) in [5.41, 5.74) is 5.23. The molecule has 2 amide bonds. The summed E-state index contributed by atoms with van der Waals surface area (Å²) >= 11 is 3.87. The molecule has 6 N–H and O–H groups in total. The number of aliphatic carboxylic acids is 2. The molecule has 0 saturated heterocycles. The zero-order chi connectivity index (χ0) is 15.7. The molecule has 0 radical (unpaired) electrons. The number of hydrogen-bond acceptors (Lipinski definition) is 6. The van der Waals surface area contributed by atoms with Gasteiger partial charge in [-0.3, -0.25) is 19.2 Å². The summed E-state index contributed by atoms with van der Waals surface area (Å²) in [4.78, 5) is 43.7. The number of nitrogens with one attached hydrogen (secondary N) is 2. The van der Waals surface area contributed by atoms with Gasteiger partial charge in [-0.2, -0.15) is 12.6 Å². The molecule has 2 atom stereocenters. The lowest BCUT2D eigenvalue weighted by Crippen LogP contribution is -2.49. The van der Waals surface area contributed by atoms with E-state index in [0.29, 0.717) is 0 Å². The van der Waals surface area contributed by atoms with E-state index in [1.807, 2.05) is 0 Å². The minimum Gasteiger partial charge on any atom is -0.480 e. The van der Waals surface area contributed by atoms with Crippen LogP contribution in [0.2, 0.25) is 0 Å². The van der Waals surface area contributed by atoms with Crippen molar-refractivity contribution in [3.8, 4) is 0 Å². The Balaban J connectivity index is 4.21. The molecule has 0 bridgehead atoms. The first-order chi connectivity index (χ1) is 9.27. The van der Waals surface area contributed by atoms with Crippen LogP contribution in [0.3, 0.4) is 0 Å². The van der Waals surface area contributed by atoms with Gasteiger partial charge in [-0.05, 0) is 6.42 Å². The van der Waals surface area contributed by atoms with Crippen molar-refractivity contribution in [1.29, 1.82) is 0 Å². The number of amides is 2. The van der Waals surface area contributed by atoms with Crippen LogP contribution in [0.15, 0.2) is 0 Å². The van der Waals surface area contributed by atoms with Crippen LogP contribution in [0.5, 0.6) is 0 Å². The normalized spacial score (nSPS) is 13.1. The van der Waals surface area contributed by atoms with Crippen LogP contribution < -0.4 is 16.4 Å². The van der Waals surface area contributed by atoms with Crippen molar-refractivity contribution >= 4 is 36.4 Å². The van der Waals surface area contributed by atoms with E-state index in [1.165, 1.54) is 0 Å². The predicted molar refractivity (Wildman–Crippen MR) is 71.3 cm³/mol. The van der Waals surface area contributed by atoms with Crippen LogP contribution >= 0.6 is 12.6 Å². The number of carboxylic acid groups (broad SMARTS) is 2. The summed E-state index contributed by atoms with van der Waals surface area (Å²) in [5, 5.41) is 21.4. The van der Waals surface area contributed by atoms with Gasteiger partial charge in [0.25, 0.3) is 0 Å². The van der Waals surface area contributed by atoms with Gasteiger partial charge >= 0.3 is 11.9 Å². The summed E-state index contributed by atoms with van der Waals surface area (Å²) in [6.45, 7) is -0.567. The van der Waals surface area contributed by atoms with E-state index in [9.17, 15) is 19.2 Å². The Labute approximate surface area is 120 Å². The number of hydrogen-bond donors (Lipinski definition) is 6. The molecule has 20 heavy (non-hydrogen) atoms. The van der Waals surface area contributed by atoms with Gasteiger partial charge in [0.15, 0.2) is 0 Å². The third-order valence-corrected chi connectivity index (χ3v) is 2.61. The number of carboxylic acids is 2. The van der Waals surface area contributed by atoms with Gasteiger partial charge in [0.1, 0.15) is 18.6 Å². The molecular weight excluding hydrogens is 289 g/mol. The molecule has 10 heteroatoms. The van der Waals surface area contributed by atoms with Gasteiger partial charge in [0.2, 0.25) is 11.8 Å². The highest BCUT2D eigenvalue weighted by molar-refractivity contribution is 7.80. The second-order valence-electron chi connectivity index (χ2n) is 3.90. The predicted octanol–water partition coefficient (Wildman–Crippen LogP) is -2.21. The quantitative estimate of drug-likeness (QED) is 0.263. The standard InChI is InChI=1S/C10H17N3O6S/c11-5(10(18)19)1-2-7(14)13-6(4-20)9(17)12-3-8(15)16/h5-6,20H,1-4,11H2,(H,12,17)(H,13,14)(H,15,16)(H,18,19)/i10-1. The summed E-state index contributed by atoms with van der Waals surface area (Å²) in [7, 11) is 0. The van der Waals surface area contributed by atoms with Crippen molar-refractivity contribution in [2.75, 3.05) is 12.3 Å². The summed E-state index contributed by atoms with van der Waals surface area (Å²) in [6.07, 6.45) is -0.235. The van der Waals surface area contributed by atoms with E-state index in [-0.39, 0.29) is 18.6 Å². The van der Waals surface area contributed by atoms with Crippen molar-refractivity contribution in [2.45, 2.75) is 24.9 Å². The maximum absolute atomic E-state index is 11.5. The lowest BCUT2D eigenvalue weighted by atomic mass is 9.91. The van der Waals surface area contributed by atoms with E-state index in [0.717, 1.165) is 0 Å². The van der Waals surface area contributed by atoms with Crippen molar-refractivity contribution in [2.24, 2.45) is 5.73 Å². The number of thiol groups is 1. The zero-order valence-corrected chi connectivity index (χ0v) is 11.4. The SMILES string of the molecule is NC(CCC(=O)NC(CS)C(=O)NCC(=O)O)[11C](=O)O. The van der Waals surface area contributed by atoms with Crippen molar-refractivity contribution in [1.82, 2.24) is 10.6 Å². The Morgan fingerprint density at radius 3 is 2.25 bits per heavy atom. The maximum Gasteiger partial charge on any atom is 0.322 e. The van der Waals surface area contributed by atoms with Crippen LogP contribution in [-0.2, 0) is 19.2 Å². The number of nitrogens with two attached hydrogens (primary N) is 1. The molecule has 0 saturated carbocycles. The average molecular weight is 306 g/mol. The number of rotatable bonds is 9. The molecule has 0 aromatic rings. The molecule has 114 valence electrons. The highest BCUT2D eigenvalue weighted by Crippen LogP contribution is 1.97. The van der Waals surface area contributed by atoms with Crippen LogP contribution in [0.1, 0.15) is 12.8 Å². The van der Waals surface area contributed by atoms with E-state index >= 15 is 0 Å². The summed E-state index contributed by atoms with van der Waals surface area (Å²) < 4.78 is 0. The fraction of sp³-hybridized carbons (Fsp3) is 0.600. The first kappa shape index (κ1) is 18.2. The molecule has 2 unspecified atom stereocenters. The molecule has 0 aliphatic carbocycles. The van der Waals surface area contributed by atoms with Gasteiger partial charge in [0.05, 0.1) is 0 Å². The Kier molecular flexibility index (Phi) is 8.32. The van der Waals surface area contributed by atoms with Crippen molar-refractivity contribution in [3.05, 3.63) is 0 Å². The molecule has 0 aliphatic heterocycles. The van der Waals surface area contributed by atoms with Crippen LogP contribution in [0, 0.1) is 0 Å². The number of carbonyl (C=O) groups excluding carboxylic acids is 2. The largest absolute Gasteiger partial charge is 0.480 e. The lowest BCUT2D eigenvalue weighted by Gasteiger charge is -2.16. The van der Waals surface area contributed by atoms with E-state index < -0.39 is 42.4 Å². The summed E-state index contributed by atoms with van der Waals surface area (Å²) in [5.74, 6) is -3.70. The van der Waals surface area contributed by atoms with Crippen LogP contribution in [0.4, 0.5) is 0 Å². The van der Waals surface area contributed by atoms with Gasteiger partial charge in [-0.25, -0.2) is 0 Å². The van der Waals surface area contributed by atoms with E-state index in [1.54, 1.807) is 0 Å². The Hall–Kier alpha value is -1.81. The molecule has 0 rings (SSSR count).